The molecule has 2 aliphatic heterocycles. The molecule has 12 heteroatoms. The second-order valence-electron chi connectivity index (χ2n) is 8.26. The maximum absolute atomic E-state index is 13.6. The quantitative estimate of drug-likeness (QED) is 0.453. The van der Waals surface area contributed by atoms with E-state index in [1.54, 1.807) is 50.2 Å². The Kier molecular flexibility index (Phi) is 8.51. The summed E-state index contributed by atoms with van der Waals surface area (Å²) in [4.78, 5) is 45.7. The Morgan fingerprint density at radius 2 is 1.72 bits per heavy atom. The van der Waals surface area contributed by atoms with Gasteiger partial charge in [-0.2, -0.15) is 0 Å². The molecule has 0 saturated carbocycles. The number of nitrogens with zero attached hydrogens (tertiary/aromatic N) is 2. The van der Waals surface area contributed by atoms with E-state index >= 15 is 0 Å². The summed E-state index contributed by atoms with van der Waals surface area (Å²) in [7, 11) is 4.42. The third-order valence-electron chi connectivity index (χ3n) is 5.91. The minimum atomic E-state index is -0.942. The standard InChI is InChI=1S/C27H26ClN3O7S/c1-6-38-26(34)22-14(2)29-27-31(23(22)15-11-18(35-3)24(37-5)19(12-15)36-4)21(32)13-20(39-27)25(33)30-17-9-7-16(28)8-10-17/h7-13,23H,6H2,1-5H3,(H,30,33)/t23-/m0/s1. The Balaban J connectivity index is 1.80. The fraction of sp³-hybridized carbons (Fsp3) is 0.259. The topological polar surface area (TPSA) is 116 Å². The summed E-state index contributed by atoms with van der Waals surface area (Å²) in [5.41, 5.74) is 1.53. The minimum absolute atomic E-state index is 0.131. The van der Waals surface area contributed by atoms with Crippen molar-refractivity contribution in [1.82, 2.24) is 4.90 Å². The number of amidine groups is 1. The van der Waals surface area contributed by atoms with Crippen LogP contribution in [0, 0.1) is 0 Å². The van der Waals surface area contributed by atoms with Crippen LogP contribution in [0.4, 0.5) is 5.69 Å². The smallest absolute Gasteiger partial charge is 0.338 e. The zero-order valence-electron chi connectivity index (χ0n) is 21.9. The number of anilines is 1. The third-order valence-corrected chi connectivity index (χ3v) is 7.15. The van der Waals surface area contributed by atoms with E-state index in [1.807, 2.05) is 0 Å². The van der Waals surface area contributed by atoms with E-state index in [4.69, 9.17) is 30.5 Å². The average Bonchev–Trinajstić information content (AvgIpc) is 2.92. The number of nitrogens with one attached hydrogen (secondary N) is 1. The van der Waals surface area contributed by atoms with Crippen LogP contribution in [-0.2, 0) is 19.1 Å². The Morgan fingerprint density at radius 3 is 2.28 bits per heavy atom. The van der Waals surface area contributed by atoms with Crippen molar-refractivity contribution in [3.8, 4) is 17.2 Å². The van der Waals surface area contributed by atoms with E-state index in [2.05, 4.69) is 10.3 Å². The van der Waals surface area contributed by atoms with E-state index in [-0.39, 0.29) is 22.3 Å². The number of ether oxygens (including phenoxy) is 4. The predicted octanol–water partition coefficient (Wildman–Crippen LogP) is 4.71. The van der Waals surface area contributed by atoms with Crippen molar-refractivity contribution in [2.75, 3.05) is 33.3 Å². The Hall–Kier alpha value is -3.96. The van der Waals surface area contributed by atoms with E-state index in [0.29, 0.717) is 39.2 Å². The van der Waals surface area contributed by atoms with Gasteiger partial charge in [0, 0.05) is 16.8 Å². The minimum Gasteiger partial charge on any atom is -0.493 e. The molecule has 0 aromatic heterocycles. The molecule has 2 aliphatic rings. The number of rotatable bonds is 8. The van der Waals surface area contributed by atoms with Crippen molar-refractivity contribution in [3.05, 3.63) is 69.2 Å². The number of halogens is 1. The van der Waals surface area contributed by atoms with Crippen molar-refractivity contribution in [3.63, 3.8) is 0 Å². The summed E-state index contributed by atoms with van der Waals surface area (Å²) < 4.78 is 21.8. The molecular formula is C27H26ClN3O7S. The first kappa shape index (κ1) is 28.1. The molecule has 0 spiro atoms. The van der Waals surface area contributed by atoms with Crippen LogP contribution in [0.3, 0.4) is 0 Å². The van der Waals surface area contributed by atoms with E-state index in [9.17, 15) is 14.4 Å². The van der Waals surface area contributed by atoms with Gasteiger partial charge in [0.2, 0.25) is 5.75 Å². The number of fused-ring (bicyclic) bond motifs is 1. The van der Waals surface area contributed by atoms with Gasteiger partial charge in [-0.25, -0.2) is 9.79 Å². The summed E-state index contributed by atoms with van der Waals surface area (Å²) >= 11 is 6.94. The molecule has 1 atom stereocenters. The number of hydrogen-bond acceptors (Lipinski definition) is 9. The molecular weight excluding hydrogens is 546 g/mol. The summed E-state index contributed by atoms with van der Waals surface area (Å²) in [6.07, 6.45) is 1.21. The lowest BCUT2D eigenvalue weighted by atomic mass is 9.93. The van der Waals surface area contributed by atoms with Gasteiger partial charge >= 0.3 is 5.97 Å². The molecule has 0 saturated heterocycles. The molecule has 4 rings (SSSR count). The fourth-order valence-electron chi connectivity index (χ4n) is 4.18. The van der Waals surface area contributed by atoms with Crippen LogP contribution in [0.1, 0.15) is 25.5 Å². The van der Waals surface area contributed by atoms with Gasteiger partial charge in [0.1, 0.15) is 0 Å². The molecule has 2 heterocycles. The highest BCUT2D eigenvalue weighted by Crippen LogP contribution is 2.46. The highest BCUT2D eigenvalue weighted by molar-refractivity contribution is 8.18. The predicted molar refractivity (Wildman–Crippen MR) is 148 cm³/mol. The Morgan fingerprint density at radius 1 is 1.08 bits per heavy atom. The third kappa shape index (κ3) is 5.59. The van der Waals surface area contributed by atoms with E-state index in [0.717, 1.165) is 11.8 Å². The lowest BCUT2D eigenvalue weighted by Gasteiger charge is -2.38. The summed E-state index contributed by atoms with van der Waals surface area (Å²) in [5, 5.41) is 3.51. The Labute approximate surface area is 234 Å². The second-order valence-corrected chi connectivity index (χ2v) is 9.70. The van der Waals surface area contributed by atoms with Gasteiger partial charge in [-0.15, -0.1) is 0 Å². The molecule has 0 radical (unpaired) electrons. The van der Waals surface area contributed by atoms with Crippen molar-refractivity contribution in [2.24, 2.45) is 4.99 Å². The fourth-order valence-corrected chi connectivity index (χ4v) is 5.28. The SMILES string of the molecule is CCOC(=O)C1=C(C)N=C2SC(C(=O)Nc3ccc(Cl)cc3)=CC(=O)N2[C@H]1c1cc(OC)c(OC)c(OC)c1. The number of hydrogen-bond donors (Lipinski definition) is 1. The number of carbonyl (C=O) groups excluding carboxylic acids is 3. The molecule has 0 unspecified atom stereocenters. The van der Waals surface area contributed by atoms with Crippen LogP contribution in [0.5, 0.6) is 17.2 Å². The second kappa shape index (κ2) is 11.8. The van der Waals surface area contributed by atoms with Gasteiger partial charge in [0.25, 0.3) is 11.8 Å². The molecule has 39 heavy (non-hydrogen) atoms. The molecule has 0 fully saturated rings. The lowest BCUT2D eigenvalue weighted by molar-refractivity contribution is -0.139. The number of methoxy groups -OCH3 is 3. The normalized spacial score (nSPS) is 16.6. The molecule has 2 amide bonds. The number of benzene rings is 2. The summed E-state index contributed by atoms with van der Waals surface area (Å²) in [6, 6.07) is 8.97. The van der Waals surface area contributed by atoms with Crippen LogP contribution in [-0.4, -0.2) is 55.8 Å². The number of carbonyl (C=O) groups is 3. The molecule has 2 aromatic carbocycles. The summed E-state index contributed by atoms with van der Waals surface area (Å²) in [6.45, 7) is 3.47. The van der Waals surface area contributed by atoms with Crippen molar-refractivity contribution >= 4 is 52.0 Å². The molecule has 204 valence electrons. The molecule has 10 nitrogen and oxygen atoms in total. The first-order valence-corrected chi connectivity index (χ1v) is 13.0. The number of thioether (sulfide) groups is 1. The van der Waals surface area contributed by atoms with E-state index in [1.165, 1.54) is 32.3 Å². The summed E-state index contributed by atoms with van der Waals surface area (Å²) in [5.74, 6) is -0.612. The van der Waals surface area contributed by atoms with E-state index < -0.39 is 23.8 Å². The molecule has 2 aromatic rings. The average molecular weight is 572 g/mol. The number of esters is 1. The number of allylic oxidation sites excluding steroid dienone is 1. The monoisotopic (exact) mass is 571 g/mol. The van der Waals surface area contributed by atoms with Gasteiger partial charge in [-0.1, -0.05) is 11.6 Å². The van der Waals surface area contributed by atoms with Crippen LogP contribution < -0.4 is 19.5 Å². The molecule has 0 aliphatic carbocycles. The Bertz CT molecular complexity index is 1390. The zero-order valence-corrected chi connectivity index (χ0v) is 23.4. The highest BCUT2D eigenvalue weighted by atomic mass is 35.5. The van der Waals surface area contributed by atoms with Gasteiger partial charge in [0.05, 0.1) is 50.2 Å². The van der Waals surface area contributed by atoms with Gasteiger partial charge in [0.15, 0.2) is 16.7 Å². The molecule has 1 N–H and O–H groups in total. The lowest BCUT2D eigenvalue weighted by Crippen LogP contribution is -2.45. The van der Waals surface area contributed by atoms with Crippen LogP contribution in [0.2, 0.25) is 5.02 Å². The number of amides is 2. The zero-order chi connectivity index (χ0) is 28.3. The van der Waals surface area contributed by atoms with Crippen molar-refractivity contribution in [2.45, 2.75) is 19.9 Å². The van der Waals surface area contributed by atoms with Gasteiger partial charge in [-0.3, -0.25) is 14.5 Å². The molecule has 0 bridgehead atoms. The maximum Gasteiger partial charge on any atom is 0.338 e. The van der Waals surface area contributed by atoms with Gasteiger partial charge < -0.3 is 24.3 Å². The van der Waals surface area contributed by atoms with Crippen LogP contribution in [0.25, 0.3) is 0 Å². The van der Waals surface area contributed by atoms with Crippen LogP contribution in [0.15, 0.2) is 63.6 Å². The first-order chi connectivity index (χ1) is 18.7. The number of aliphatic imine (C=N–C) groups is 1. The maximum atomic E-state index is 13.6. The first-order valence-electron chi connectivity index (χ1n) is 11.8. The van der Waals surface area contributed by atoms with Crippen molar-refractivity contribution < 1.29 is 33.3 Å². The van der Waals surface area contributed by atoms with Crippen molar-refractivity contribution in [1.29, 1.82) is 0 Å². The van der Waals surface area contributed by atoms with Crippen LogP contribution >= 0.6 is 23.4 Å². The highest BCUT2D eigenvalue weighted by Gasteiger charge is 2.43. The van der Waals surface area contributed by atoms with Gasteiger partial charge in [-0.05, 0) is 67.6 Å². The largest absolute Gasteiger partial charge is 0.493 e.